The molecule has 1 saturated heterocycles. The smallest absolute Gasteiger partial charge is 0.331 e. The van der Waals surface area contributed by atoms with Crippen molar-refractivity contribution in [1.29, 1.82) is 0 Å². The number of anilines is 1. The Bertz CT molecular complexity index is 1110. The number of hydrogen-bond donors (Lipinski definition) is 1. The van der Waals surface area contributed by atoms with E-state index in [2.05, 4.69) is 15.4 Å². The first-order chi connectivity index (χ1) is 14.2. The van der Waals surface area contributed by atoms with Crippen LogP contribution in [0.5, 0.6) is 0 Å². The van der Waals surface area contributed by atoms with Crippen LogP contribution in [0.15, 0.2) is 24.4 Å². The second-order valence-electron chi connectivity index (χ2n) is 6.62. The molecule has 12 heteroatoms. The van der Waals surface area contributed by atoms with E-state index >= 15 is 0 Å². The van der Waals surface area contributed by atoms with Gasteiger partial charge < -0.3 is 10.1 Å². The Balaban J connectivity index is 1.58. The zero-order chi connectivity index (χ0) is 21.9. The quantitative estimate of drug-likeness (QED) is 0.389. The number of nitrogens with zero attached hydrogens (tertiary/aromatic N) is 3. The number of carbonyl (C=O) groups excluding carboxylic acids is 2. The molecule has 30 heavy (non-hydrogen) atoms. The lowest BCUT2D eigenvalue weighted by Crippen LogP contribution is -2.20. The number of carbonyl (C=O) groups is 2. The Hall–Kier alpha value is -2.43. The number of aromatic nitrogens is 3. The Labute approximate surface area is 182 Å². The summed E-state index contributed by atoms with van der Waals surface area (Å²) in [5.74, 6) is -1.25. The molecule has 1 aliphatic rings. The second-order valence-corrected chi connectivity index (χ2v) is 9.57. The van der Waals surface area contributed by atoms with E-state index in [0.29, 0.717) is 23.4 Å². The molecule has 0 spiro atoms. The number of pyridine rings is 1. The molecule has 1 N–H and O–H groups in total. The molecule has 0 bridgehead atoms. The summed E-state index contributed by atoms with van der Waals surface area (Å²) in [6.07, 6.45) is 4.45. The average Bonchev–Trinajstić information content (AvgIpc) is 3.18. The summed E-state index contributed by atoms with van der Waals surface area (Å²) >= 11 is 12.2. The largest absolute Gasteiger partial charge is 0.452 e. The Morgan fingerprint density at radius 1 is 1.40 bits per heavy atom. The normalized spacial score (nSPS) is 17.9. The Morgan fingerprint density at radius 2 is 2.17 bits per heavy atom. The average molecular weight is 473 g/mol. The third-order valence-electron chi connectivity index (χ3n) is 4.39. The van der Waals surface area contributed by atoms with E-state index < -0.39 is 28.3 Å². The lowest BCUT2D eigenvalue weighted by Gasteiger charge is -2.09. The van der Waals surface area contributed by atoms with Crippen LogP contribution >= 0.6 is 23.2 Å². The van der Waals surface area contributed by atoms with E-state index in [1.807, 2.05) is 0 Å². The summed E-state index contributed by atoms with van der Waals surface area (Å²) in [6, 6.07) is 2.83. The van der Waals surface area contributed by atoms with Crippen molar-refractivity contribution in [3.05, 3.63) is 46.0 Å². The van der Waals surface area contributed by atoms with Gasteiger partial charge in [0.2, 0.25) is 0 Å². The summed E-state index contributed by atoms with van der Waals surface area (Å²) < 4.78 is 29.8. The first-order valence-corrected chi connectivity index (χ1v) is 11.4. The minimum absolute atomic E-state index is 0.0188. The Kier molecular flexibility index (Phi) is 6.79. The predicted molar refractivity (Wildman–Crippen MR) is 112 cm³/mol. The number of nitrogens with one attached hydrogen (secondary N) is 1. The minimum atomic E-state index is -3.09. The third-order valence-corrected chi connectivity index (χ3v) is 6.82. The van der Waals surface area contributed by atoms with Gasteiger partial charge in [-0.25, -0.2) is 22.9 Å². The van der Waals surface area contributed by atoms with Crippen LogP contribution in [0.25, 0.3) is 6.08 Å². The SMILES string of the molecule is Cc1nn([C@@H]2CCS(=O)(=O)C2)c(Cl)c1/C=C/C(=O)OCC(=O)Nc1cccnc1Cl. The topological polar surface area (TPSA) is 120 Å². The van der Waals surface area contributed by atoms with E-state index in [4.69, 9.17) is 27.9 Å². The molecule has 2 aromatic rings. The molecule has 0 radical (unpaired) electrons. The Morgan fingerprint density at radius 3 is 2.83 bits per heavy atom. The van der Waals surface area contributed by atoms with Crippen LogP contribution in [0, 0.1) is 6.92 Å². The van der Waals surface area contributed by atoms with Crippen molar-refractivity contribution in [3.8, 4) is 0 Å². The maximum absolute atomic E-state index is 11.9. The van der Waals surface area contributed by atoms with Crippen molar-refractivity contribution >= 4 is 56.7 Å². The third kappa shape index (κ3) is 5.38. The van der Waals surface area contributed by atoms with Gasteiger partial charge in [-0.3, -0.25) is 4.79 Å². The molecule has 2 aromatic heterocycles. The molecule has 0 aromatic carbocycles. The van der Waals surface area contributed by atoms with E-state index in [1.54, 1.807) is 19.1 Å². The zero-order valence-electron chi connectivity index (χ0n) is 15.8. The van der Waals surface area contributed by atoms with Gasteiger partial charge in [0.15, 0.2) is 21.6 Å². The molecule has 1 aliphatic heterocycles. The van der Waals surface area contributed by atoms with Crippen molar-refractivity contribution in [2.45, 2.75) is 19.4 Å². The van der Waals surface area contributed by atoms with E-state index in [-0.39, 0.29) is 27.9 Å². The van der Waals surface area contributed by atoms with Crippen molar-refractivity contribution in [3.63, 3.8) is 0 Å². The second kappa shape index (κ2) is 9.15. The molecule has 1 atom stereocenters. The van der Waals surface area contributed by atoms with Crippen LogP contribution in [0.2, 0.25) is 10.3 Å². The summed E-state index contributed by atoms with van der Waals surface area (Å²) in [5, 5.41) is 7.14. The summed E-state index contributed by atoms with van der Waals surface area (Å²) in [7, 11) is -3.09. The van der Waals surface area contributed by atoms with Crippen molar-refractivity contribution in [2.24, 2.45) is 0 Å². The van der Waals surface area contributed by atoms with Gasteiger partial charge in [-0.05, 0) is 31.6 Å². The van der Waals surface area contributed by atoms with Gasteiger partial charge in [0.05, 0.1) is 28.9 Å². The van der Waals surface area contributed by atoms with Gasteiger partial charge >= 0.3 is 5.97 Å². The molecule has 1 fully saturated rings. The van der Waals surface area contributed by atoms with Gasteiger partial charge in [-0.15, -0.1) is 0 Å². The molecule has 9 nitrogen and oxygen atoms in total. The lowest BCUT2D eigenvalue weighted by molar-refractivity contribution is -0.142. The van der Waals surface area contributed by atoms with Crippen LogP contribution in [0.1, 0.15) is 23.7 Å². The first-order valence-electron chi connectivity index (χ1n) is 8.86. The fraction of sp³-hybridized carbons (Fsp3) is 0.333. The molecule has 1 amide bonds. The number of hydrogen-bond acceptors (Lipinski definition) is 7. The minimum Gasteiger partial charge on any atom is -0.452 e. The number of amides is 1. The molecule has 0 saturated carbocycles. The molecular formula is C18H18Cl2N4O5S. The van der Waals surface area contributed by atoms with Gasteiger partial charge in [0.25, 0.3) is 5.91 Å². The lowest BCUT2D eigenvalue weighted by atomic mass is 10.2. The highest BCUT2D eigenvalue weighted by Gasteiger charge is 2.31. The molecule has 0 unspecified atom stereocenters. The number of esters is 1. The van der Waals surface area contributed by atoms with E-state index in [0.717, 1.165) is 6.08 Å². The maximum atomic E-state index is 11.9. The van der Waals surface area contributed by atoms with Crippen LogP contribution in [0.3, 0.4) is 0 Å². The van der Waals surface area contributed by atoms with Crippen molar-refractivity contribution in [1.82, 2.24) is 14.8 Å². The first kappa shape index (κ1) is 22.3. The fourth-order valence-corrected chi connectivity index (χ4v) is 5.17. The van der Waals surface area contributed by atoms with Crippen LogP contribution in [-0.4, -0.2) is 53.2 Å². The highest BCUT2D eigenvalue weighted by Crippen LogP contribution is 2.30. The highest BCUT2D eigenvalue weighted by atomic mass is 35.5. The van der Waals surface area contributed by atoms with Crippen LogP contribution in [-0.2, 0) is 24.2 Å². The zero-order valence-corrected chi connectivity index (χ0v) is 18.2. The summed E-state index contributed by atoms with van der Waals surface area (Å²) in [5.41, 5.74) is 1.32. The van der Waals surface area contributed by atoms with Gasteiger partial charge in [0.1, 0.15) is 5.15 Å². The van der Waals surface area contributed by atoms with E-state index in [1.165, 1.54) is 17.0 Å². The van der Waals surface area contributed by atoms with Gasteiger partial charge in [-0.2, -0.15) is 5.10 Å². The molecular weight excluding hydrogens is 455 g/mol. The molecule has 0 aliphatic carbocycles. The predicted octanol–water partition coefficient (Wildman–Crippen LogP) is 2.45. The number of aryl methyl sites for hydroxylation is 1. The standard InChI is InChI=1S/C18H18Cl2N4O5S/c1-11-13(18(20)24(23-11)12-6-8-30(27,28)10-12)4-5-16(26)29-9-15(25)22-14-3-2-7-21-17(14)19/h2-5,7,12H,6,8-10H2,1H3,(H,22,25)/b5-4+/t12-/m1/s1. The van der Waals surface area contributed by atoms with Crippen molar-refractivity contribution in [2.75, 3.05) is 23.4 Å². The molecule has 3 rings (SSSR count). The number of ether oxygens (including phenoxy) is 1. The van der Waals surface area contributed by atoms with Gasteiger partial charge in [-0.1, -0.05) is 23.2 Å². The highest BCUT2D eigenvalue weighted by molar-refractivity contribution is 7.91. The molecule has 160 valence electrons. The monoisotopic (exact) mass is 472 g/mol. The molecule has 3 heterocycles. The summed E-state index contributed by atoms with van der Waals surface area (Å²) in [6.45, 7) is 1.18. The summed E-state index contributed by atoms with van der Waals surface area (Å²) in [4.78, 5) is 27.6. The van der Waals surface area contributed by atoms with E-state index in [9.17, 15) is 18.0 Å². The van der Waals surface area contributed by atoms with Crippen LogP contribution in [0.4, 0.5) is 5.69 Å². The fourth-order valence-electron chi connectivity index (χ4n) is 2.93. The number of rotatable bonds is 6. The van der Waals surface area contributed by atoms with Gasteiger partial charge in [0, 0.05) is 17.8 Å². The number of halogens is 2. The van der Waals surface area contributed by atoms with Crippen LogP contribution < -0.4 is 5.32 Å². The number of sulfone groups is 1. The maximum Gasteiger partial charge on any atom is 0.331 e. The van der Waals surface area contributed by atoms with Crippen molar-refractivity contribution < 1.29 is 22.7 Å².